The van der Waals surface area contributed by atoms with Crippen LogP contribution in [-0.2, 0) is 10.8 Å². The van der Waals surface area contributed by atoms with E-state index in [4.69, 9.17) is 4.74 Å². The van der Waals surface area contributed by atoms with Crippen molar-refractivity contribution in [3.8, 4) is 5.75 Å². The zero-order valence-electron chi connectivity index (χ0n) is 13.6. The normalized spacial score (nSPS) is 21.0. The third kappa shape index (κ3) is 4.30. The van der Waals surface area contributed by atoms with Gasteiger partial charge in [-0.05, 0) is 56.8 Å². The van der Waals surface area contributed by atoms with E-state index >= 15 is 0 Å². The Kier molecular flexibility index (Phi) is 5.82. The van der Waals surface area contributed by atoms with Crippen LogP contribution in [0, 0.1) is 13.8 Å². The molecule has 0 radical (unpaired) electrons. The lowest BCUT2D eigenvalue weighted by molar-refractivity contribution is 0.315. The highest BCUT2D eigenvalue weighted by molar-refractivity contribution is 7.84. The standard InChI is InChI=1S/C17H27NO2S/c1-12-10-15-16(18-8-7-14(3)21(4)19)6-5-9-20-17(15)11-13(12)2/h10-11,14,16,18H,5-9H2,1-4H3/t14-,16+,21+/m0/s1. The predicted octanol–water partition coefficient (Wildman–Crippen LogP) is 3.26. The first kappa shape index (κ1) is 16.5. The average Bonchev–Trinajstić information content (AvgIpc) is 2.62. The molecule has 1 heterocycles. The van der Waals surface area contributed by atoms with Crippen molar-refractivity contribution in [2.45, 2.75) is 51.3 Å². The maximum atomic E-state index is 11.4. The highest BCUT2D eigenvalue weighted by Gasteiger charge is 2.20. The lowest BCUT2D eigenvalue weighted by atomic mass is 9.97. The molecule has 3 nitrogen and oxygen atoms in total. The molecule has 1 aliphatic heterocycles. The molecule has 21 heavy (non-hydrogen) atoms. The number of benzene rings is 1. The Bertz CT molecular complexity index is 516. The van der Waals surface area contributed by atoms with E-state index in [1.165, 1.54) is 16.7 Å². The molecule has 0 amide bonds. The minimum atomic E-state index is -0.737. The number of hydrogen-bond acceptors (Lipinski definition) is 3. The molecule has 2 rings (SSSR count). The minimum Gasteiger partial charge on any atom is -0.493 e. The van der Waals surface area contributed by atoms with Crippen LogP contribution in [0.2, 0.25) is 0 Å². The van der Waals surface area contributed by atoms with Gasteiger partial charge in [-0.25, -0.2) is 0 Å². The number of aryl methyl sites for hydroxylation is 2. The third-order valence-corrected chi connectivity index (χ3v) is 5.77. The fourth-order valence-corrected chi connectivity index (χ4v) is 3.12. The molecule has 0 aromatic heterocycles. The third-order valence-electron chi connectivity index (χ3n) is 4.40. The van der Waals surface area contributed by atoms with Crippen LogP contribution in [0.1, 0.15) is 48.9 Å². The molecule has 4 heteroatoms. The van der Waals surface area contributed by atoms with E-state index in [0.29, 0.717) is 6.04 Å². The van der Waals surface area contributed by atoms with E-state index in [9.17, 15) is 4.21 Å². The quantitative estimate of drug-likeness (QED) is 0.907. The molecule has 0 spiro atoms. The molecule has 1 N–H and O–H groups in total. The predicted molar refractivity (Wildman–Crippen MR) is 89.5 cm³/mol. The van der Waals surface area contributed by atoms with Gasteiger partial charge in [0.2, 0.25) is 0 Å². The average molecular weight is 309 g/mol. The van der Waals surface area contributed by atoms with Gasteiger partial charge in [-0.1, -0.05) is 13.0 Å². The molecule has 1 aromatic rings. The van der Waals surface area contributed by atoms with Crippen molar-refractivity contribution >= 4 is 10.8 Å². The van der Waals surface area contributed by atoms with Crippen LogP contribution >= 0.6 is 0 Å². The van der Waals surface area contributed by atoms with Gasteiger partial charge in [0.05, 0.1) is 6.61 Å². The van der Waals surface area contributed by atoms with Crippen LogP contribution in [0.5, 0.6) is 5.75 Å². The van der Waals surface area contributed by atoms with E-state index < -0.39 is 10.8 Å². The summed E-state index contributed by atoms with van der Waals surface area (Å²) in [7, 11) is -0.737. The summed E-state index contributed by atoms with van der Waals surface area (Å²) in [5, 5.41) is 3.88. The molecule has 0 unspecified atom stereocenters. The van der Waals surface area contributed by atoms with E-state index in [-0.39, 0.29) is 5.25 Å². The molecule has 0 fully saturated rings. The first-order valence-corrected chi connectivity index (χ1v) is 9.40. The zero-order chi connectivity index (χ0) is 15.4. The molecule has 1 aliphatic rings. The summed E-state index contributed by atoms with van der Waals surface area (Å²) in [6, 6.07) is 4.77. The first-order valence-electron chi connectivity index (χ1n) is 7.78. The Hall–Kier alpha value is -0.870. The SMILES string of the molecule is Cc1cc2c(cc1C)[C@H](NCC[C@H](C)[S@@](C)=O)CCCO2. The molecule has 3 atom stereocenters. The number of rotatable bonds is 5. The van der Waals surface area contributed by atoms with Crippen LogP contribution in [0.25, 0.3) is 0 Å². The van der Waals surface area contributed by atoms with E-state index in [1.54, 1.807) is 6.26 Å². The summed E-state index contributed by atoms with van der Waals surface area (Å²) in [6.45, 7) is 8.03. The molecule has 0 bridgehead atoms. The van der Waals surface area contributed by atoms with Gasteiger partial charge in [0.15, 0.2) is 0 Å². The number of nitrogens with one attached hydrogen (secondary N) is 1. The Morgan fingerprint density at radius 2 is 2.10 bits per heavy atom. The van der Waals surface area contributed by atoms with Crippen molar-refractivity contribution in [2.24, 2.45) is 0 Å². The molecule has 0 aliphatic carbocycles. The summed E-state index contributed by atoms with van der Waals surface area (Å²) in [5.74, 6) is 1.03. The fourth-order valence-electron chi connectivity index (χ4n) is 2.67. The van der Waals surface area contributed by atoms with Gasteiger partial charge in [-0.15, -0.1) is 0 Å². The summed E-state index contributed by atoms with van der Waals surface area (Å²) in [6.07, 6.45) is 4.89. The number of ether oxygens (including phenoxy) is 1. The second-order valence-corrected chi connectivity index (χ2v) is 7.87. The van der Waals surface area contributed by atoms with Crippen LogP contribution in [0.4, 0.5) is 0 Å². The van der Waals surface area contributed by atoms with E-state index in [0.717, 1.165) is 38.2 Å². The second kappa shape index (κ2) is 7.41. The van der Waals surface area contributed by atoms with Gasteiger partial charge in [-0.2, -0.15) is 0 Å². The first-order chi connectivity index (χ1) is 9.99. The van der Waals surface area contributed by atoms with Gasteiger partial charge in [0, 0.05) is 33.9 Å². The molecule has 0 saturated heterocycles. The van der Waals surface area contributed by atoms with Crippen molar-refractivity contribution in [1.82, 2.24) is 5.32 Å². The number of fused-ring (bicyclic) bond motifs is 1. The zero-order valence-corrected chi connectivity index (χ0v) is 14.4. The largest absolute Gasteiger partial charge is 0.493 e. The van der Waals surface area contributed by atoms with Crippen LogP contribution in [0.15, 0.2) is 12.1 Å². The highest BCUT2D eigenvalue weighted by Crippen LogP contribution is 2.33. The van der Waals surface area contributed by atoms with E-state index in [2.05, 4.69) is 38.2 Å². The molecular weight excluding hydrogens is 282 g/mol. The molecule has 0 saturated carbocycles. The van der Waals surface area contributed by atoms with Crippen molar-refractivity contribution in [2.75, 3.05) is 19.4 Å². The van der Waals surface area contributed by atoms with Gasteiger partial charge in [-0.3, -0.25) is 4.21 Å². The van der Waals surface area contributed by atoms with Gasteiger partial charge >= 0.3 is 0 Å². The summed E-state index contributed by atoms with van der Waals surface area (Å²) >= 11 is 0. The lowest BCUT2D eigenvalue weighted by Gasteiger charge is -2.20. The van der Waals surface area contributed by atoms with Crippen LogP contribution < -0.4 is 10.1 Å². The van der Waals surface area contributed by atoms with Gasteiger partial charge in [0.25, 0.3) is 0 Å². The van der Waals surface area contributed by atoms with Gasteiger partial charge in [0.1, 0.15) is 5.75 Å². The lowest BCUT2D eigenvalue weighted by Crippen LogP contribution is -2.25. The van der Waals surface area contributed by atoms with Crippen molar-refractivity contribution in [3.63, 3.8) is 0 Å². The Morgan fingerprint density at radius 1 is 1.38 bits per heavy atom. The van der Waals surface area contributed by atoms with Crippen LogP contribution in [-0.4, -0.2) is 28.9 Å². The molecule has 118 valence electrons. The van der Waals surface area contributed by atoms with E-state index in [1.807, 2.05) is 0 Å². The monoisotopic (exact) mass is 309 g/mol. The number of hydrogen-bond donors (Lipinski definition) is 1. The van der Waals surface area contributed by atoms with Crippen LogP contribution in [0.3, 0.4) is 0 Å². The van der Waals surface area contributed by atoms with Crippen molar-refractivity contribution in [3.05, 3.63) is 28.8 Å². The minimum absolute atomic E-state index is 0.249. The van der Waals surface area contributed by atoms with Crippen molar-refractivity contribution in [1.29, 1.82) is 0 Å². The maximum absolute atomic E-state index is 11.4. The summed E-state index contributed by atoms with van der Waals surface area (Å²) in [5.41, 5.74) is 3.87. The van der Waals surface area contributed by atoms with Gasteiger partial charge < -0.3 is 10.1 Å². The Labute approximate surface area is 130 Å². The Balaban J connectivity index is 2.07. The molecular formula is C17H27NO2S. The van der Waals surface area contributed by atoms with Crippen molar-refractivity contribution < 1.29 is 8.95 Å². The fraction of sp³-hybridized carbons (Fsp3) is 0.647. The highest BCUT2D eigenvalue weighted by atomic mass is 32.2. The summed E-state index contributed by atoms with van der Waals surface area (Å²) < 4.78 is 17.3. The molecule has 1 aromatic carbocycles. The Morgan fingerprint density at radius 3 is 2.81 bits per heavy atom. The smallest absolute Gasteiger partial charge is 0.124 e. The topological polar surface area (TPSA) is 38.3 Å². The second-order valence-electron chi connectivity index (χ2n) is 6.07. The summed E-state index contributed by atoms with van der Waals surface area (Å²) in [4.78, 5) is 0. The maximum Gasteiger partial charge on any atom is 0.124 e.